The van der Waals surface area contributed by atoms with Crippen LogP contribution in [0.3, 0.4) is 0 Å². The molecular formula is C17H12N4OS. The normalized spacial score (nSPS) is 15.3. The summed E-state index contributed by atoms with van der Waals surface area (Å²) in [6.07, 6.45) is 0.221. The van der Waals surface area contributed by atoms with Gasteiger partial charge in [0.15, 0.2) is 5.78 Å². The lowest BCUT2D eigenvalue weighted by Crippen LogP contribution is -2.38. The Hall–Kier alpha value is -2.78. The highest BCUT2D eigenvalue weighted by molar-refractivity contribution is 7.14. The molecule has 2 aromatic rings. The number of carbonyl (C=O) groups is 1. The molecule has 4 rings (SSSR count). The SMILES string of the molecule is N#Cc1ccc(C(=O)CC2=Nc3ccccc3C3=NCCN23)s1. The Kier molecular flexibility index (Phi) is 3.28. The number of fused-ring (bicyclic) bond motifs is 3. The van der Waals surface area contributed by atoms with E-state index in [1.54, 1.807) is 12.1 Å². The first-order valence-electron chi connectivity index (χ1n) is 7.28. The third-order valence-corrected chi connectivity index (χ3v) is 4.89. The molecule has 23 heavy (non-hydrogen) atoms. The van der Waals surface area contributed by atoms with Gasteiger partial charge in [-0.15, -0.1) is 11.3 Å². The summed E-state index contributed by atoms with van der Waals surface area (Å²) < 4.78 is 0. The molecule has 0 aliphatic carbocycles. The lowest BCUT2D eigenvalue weighted by atomic mass is 10.1. The molecule has 0 saturated carbocycles. The van der Waals surface area contributed by atoms with Gasteiger partial charge in [-0.25, -0.2) is 4.99 Å². The second-order valence-corrected chi connectivity index (χ2v) is 6.36. The Balaban J connectivity index is 1.66. The number of para-hydroxylation sites is 1. The maximum Gasteiger partial charge on any atom is 0.180 e. The van der Waals surface area contributed by atoms with E-state index in [2.05, 4.69) is 16.1 Å². The molecule has 0 fully saturated rings. The van der Waals surface area contributed by atoms with Crippen LogP contribution in [-0.2, 0) is 0 Å². The van der Waals surface area contributed by atoms with Crippen molar-refractivity contribution in [1.82, 2.24) is 4.90 Å². The molecule has 0 bridgehead atoms. The van der Waals surface area contributed by atoms with Crippen LogP contribution in [0.5, 0.6) is 0 Å². The number of benzene rings is 1. The quantitative estimate of drug-likeness (QED) is 0.816. The number of nitrogens with zero attached hydrogens (tertiary/aromatic N) is 4. The highest BCUT2D eigenvalue weighted by Gasteiger charge is 2.30. The van der Waals surface area contributed by atoms with Crippen molar-refractivity contribution in [3.05, 3.63) is 51.7 Å². The van der Waals surface area contributed by atoms with Gasteiger partial charge in [-0.1, -0.05) is 12.1 Å². The fourth-order valence-electron chi connectivity index (χ4n) is 2.80. The fourth-order valence-corrected chi connectivity index (χ4v) is 3.54. The Morgan fingerprint density at radius 3 is 3.00 bits per heavy atom. The molecule has 0 spiro atoms. The molecule has 0 unspecified atom stereocenters. The summed E-state index contributed by atoms with van der Waals surface area (Å²) in [7, 11) is 0. The van der Waals surface area contributed by atoms with Crippen molar-refractivity contribution in [2.75, 3.05) is 13.1 Å². The van der Waals surface area contributed by atoms with Gasteiger partial charge in [0.1, 0.15) is 22.6 Å². The summed E-state index contributed by atoms with van der Waals surface area (Å²) in [5.41, 5.74) is 1.88. The topological polar surface area (TPSA) is 68.8 Å². The predicted octanol–water partition coefficient (Wildman–Crippen LogP) is 3.00. The van der Waals surface area contributed by atoms with Gasteiger partial charge in [-0.3, -0.25) is 9.79 Å². The predicted molar refractivity (Wildman–Crippen MR) is 89.6 cm³/mol. The number of aliphatic imine (C=N–C) groups is 2. The summed E-state index contributed by atoms with van der Waals surface area (Å²) in [5.74, 6) is 1.63. The highest BCUT2D eigenvalue weighted by Crippen LogP contribution is 2.29. The van der Waals surface area contributed by atoms with Crippen LogP contribution in [0, 0.1) is 11.3 Å². The number of carbonyl (C=O) groups excluding carboxylic acids is 1. The lowest BCUT2D eigenvalue weighted by Gasteiger charge is -2.27. The molecule has 5 nitrogen and oxygen atoms in total. The average molecular weight is 320 g/mol. The van der Waals surface area contributed by atoms with Gasteiger partial charge in [-0.05, 0) is 24.3 Å². The smallest absolute Gasteiger partial charge is 0.180 e. The summed E-state index contributed by atoms with van der Waals surface area (Å²) in [6, 6.07) is 13.3. The van der Waals surface area contributed by atoms with E-state index in [1.165, 1.54) is 11.3 Å². The van der Waals surface area contributed by atoms with Crippen LogP contribution in [0.25, 0.3) is 0 Å². The molecule has 2 aliphatic rings. The molecule has 0 radical (unpaired) electrons. The lowest BCUT2D eigenvalue weighted by molar-refractivity contribution is 0.100. The van der Waals surface area contributed by atoms with Crippen LogP contribution < -0.4 is 0 Å². The zero-order valence-corrected chi connectivity index (χ0v) is 13.0. The first-order chi connectivity index (χ1) is 11.3. The zero-order chi connectivity index (χ0) is 15.8. The van der Waals surface area contributed by atoms with Gasteiger partial charge in [0, 0.05) is 12.1 Å². The van der Waals surface area contributed by atoms with Gasteiger partial charge in [0.2, 0.25) is 0 Å². The van der Waals surface area contributed by atoms with Crippen molar-refractivity contribution in [2.45, 2.75) is 6.42 Å². The van der Waals surface area contributed by atoms with E-state index in [0.717, 1.165) is 29.5 Å². The van der Waals surface area contributed by atoms with Crippen molar-refractivity contribution in [2.24, 2.45) is 9.98 Å². The Morgan fingerprint density at radius 1 is 1.30 bits per heavy atom. The third kappa shape index (κ3) is 2.35. The number of thiophene rings is 1. The van der Waals surface area contributed by atoms with Crippen LogP contribution in [0.1, 0.15) is 26.5 Å². The maximum absolute atomic E-state index is 12.5. The molecule has 0 saturated heterocycles. The maximum atomic E-state index is 12.5. The number of amidine groups is 2. The molecule has 1 aromatic heterocycles. The Labute approximate surface area is 137 Å². The van der Waals surface area contributed by atoms with Crippen LogP contribution in [0.4, 0.5) is 5.69 Å². The fraction of sp³-hybridized carbons (Fsp3) is 0.176. The standard InChI is InChI=1S/C17H12N4OS/c18-10-11-5-6-15(23-11)14(22)9-16-20-13-4-2-1-3-12(13)17-19-7-8-21(16)17/h1-6H,7-9H2. The molecule has 112 valence electrons. The second kappa shape index (κ2) is 5.45. The molecule has 2 aliphatic heterocycles. The zero-order valence-electron chi connectivity index (χ0n) is 12.2. The minimum Gasteiger partial charge on any atom is -0.312 e. The second-order valence-electron chi connectivity index (χ2n) is 5.28. The van der Waals surface area contributed by atoms with Crippen LogP contribution >= 0.6 is 11.3 Å². The van der Waals surface area contributed by atoms with Crippen molar-refractivity contribution in [3.8, 4) is 6.07 Å². The largest absolute Gasteiger partial charge is 0.312 e. The van der Waals surface area contributed by atoms with Gasteiger partial charge in [0.25, 0.3) is 0 Å². The molecule has 6 heteroatoms. The van der Waals surface area contributed by atoms with Crippen molar-refractivity contribution in [3.63, 3.8) is 0 Å². The van der Waals surface area contributed by atoms with E-state index in [0.29, 0.717) is 16.3 Å². The average Bonchev–Trinajstić information content (AvgIpc) is 3.24. The van der Waals surface area contributed by atoms with E-state index in [9.17, 15) is 4.79 Å². The molecule has 0 amide bonds. The Morgan fingerprint density at radius 2 is 2.17 bits per heavy atom. The molecular weight excluding hydrogens is 308 g/mol. The number of Topliss-reactive ketones (excluding diaryl/α,β-unsaturated/α-hetero) is 1. The number of rotatable bonds is 3. The van der Waals surface area contributed by atoms with Crippen molar-refractivity contribution in [1.29, 1.82) is 5.26 Å². The van der Waals surface area contributed by atoms with E-state index in [4.69, 9.17) is 5.26 Å². The van der Waals surface area contributed by atoms with Gasteiger partial charge >= 0.3 is 0 Å². The number of hydrogen-bond donors (Lipinski definition) is 0. The van der Waals surface area contributed by atoms with Gasteiger partial charge in [-0.2, -0.15) is 5.26 Å². The molecule has 0 atom stereocenters. The third-order valence-electron chi connectivity index (χ3n) is 3.86. The summed E-state index contributed by atoms with van der Waals surface area (Å²) in [5, 5.41) is 8.89. The van der Waals surface area contributed by atoms with Gasteiger partial charge < -0.3 is 4.90 Å². The van der Waals surface area contributed by atoms with Gasteiger partial charge in [0.05, 0.1) is 23.5 Å². The summed E-state index contributed by atoms with van der Waals surface area (Å²) in [6.45, 7) is 1.47. The van der Waals surface area contributed by atoms with Crippen molar-refractivity contribution < 1.29 is 4.79 Å². The van der Waals surface area contributed by atoms with E-state index in [-0.39, 0.29) is 12.2 Å². The Bertz CT molecular complexity index is 903. The van der Waals surface area contributed by atoms with Crippen LogP contribution in [-0.4, -0.2) is 35.4 Å². The van der Waals surface area contributed by atoms with E-state index in [1.807, 2.05) is 29.2 Å². The molecule has 3 heterocycles. The first-order valence-corrected chi connectivity index (χ1v) is 8.10. The monoisotopic (exact) mass is 320 g/mol. The van der Waals surface area contributed by atoms with Crippen molar-refractivity contribution >= 4 is 34.5 Å². The number of ketones is 1. The number of nitriles is 1. The summed E-state index contributed by atoms with van der Waals surface area (Å²) >= 11 is 1.23. The van der Waals surface area contributed by atoms with E-state index < -0.39 is 0 Å². The number of hydrogen-bond acceptors (Lipinski definition) is 6. The van der Waals surface area contributed by atoms with Crippen LogP contribution in [0.15, 0.2) is 46.4 Å². The van der Waals surface area contributed by atoms with E-state index >= 15 is 0 Å². The molecule has 0 N–H and O–H groups in total. The molecule has 1 aromatic carbocycles. The first kappa shape index (κ1) is 13.9. The highest BCUT2D eigenvalue weighted by atomic mass is 32.1. The minimum absolute atomic E-state index is 0.0131. The van der Waals surface area contributed by atoms with Crippen LogP contribution in [0.2, 0.25) is 0 Å². The minimum atomic E-state index is -0.0131. The summed E-state index contributed by atoms with van der Waals surface area (Å²) in [4.78, 5) is 24.9.